The van der Waals surface area contributed by atoms with Gasteiger partial charge in [0.2, 0.25) is 15.9 Å². The number of hydrogen-bond acceptors (Lipinski definition) is 6. The van der Waals surface area contributed by atoms with Crippen molar-refractivity contribution < 1.29 is 21.6 Å². The van der Waals surface area contributed by atoms with Crippen LogP contribution in [0.3, 0.4) is 0 Å². The molecule has 0 bridgehead atoms. The lowest BCUT2D eigenvalue weighted by Crippen LogP contribution is -2.61. The van der Waals surface area contributed by atoms with Gasteiger partial charge in [0.15, 0.2) is 9.84 Å². The molecule has 0 unspecified atom stereocenters. The molecular weight excluding hydrogens is 342 g/mol. The van der Waals surface area contributed by atoms with Crippen molar-refractivity contribution >= 4 is 25.8 Å². The molecule has 8 nitrogen and oxygen atoms in total. The fourth-order valence-electron chi connectivity index (χ4n) is 3.25. The molecule has 0 radical (unpaired) electrons. The highest BCUT2D eigenvalue weighted by atomic mass is 32.2. The van der Waals surface area contributed by atoms with Gasteiger partial charge in [0.25, 0.3) is 0 Å². The molecule has 2 aliphatic heterocycles. The second kappa shape index (κ2) is 5.53. The van der Waals surface area contributed by atoms with Gasteiger partial charge in [0, 0.05) is 32.4 Å². The zero-order valence-electron chi connectivity index (χ0n) is 12.5. The Bertz CT molecular complexity index is 822. The predicted molar refractivity (Wildman–Crippen MR) is 81.7 cm³/mol. The van der Waals surface area contributed by atoms with E-state index in [0.29, 0.717) is 0 Å². The number of fused-ring (bicyclic) bond motifs is 1. The zero-order valence-corrected chi connectivity index (χ0v) is 14.1. The summed E-state index contributed by atoms with van der Waals surface area (Å²) in [6.45, 7) is 1.63. The molecule has 1 amide bonds. The van der Waals surface area contributed by atoms with Crippen LogP contribution in [0.5, 0.6) is 0 Å². The van der Waals surface area contributed by atoms with Crippen molar-refractivity contribution in [1.29, 1.82) is 0 Å². The predicted octanol–water partition coefficient (Wildman–Crippen LogP) is -0.900. The van der Waals surface area contributed by atoms with E-state index < -0.39 is 31.9 Å². The van der Waals surface area contributed by atoms with E-state index in [1.165, 1.54) is 40.7 Å². The van der Waals surface area contributed by atoms with Crippen LogP contribution in [0.1, 0.15) is 6.92 Å². The van der Waals surface area contributed by atoms with Crippen LogP contribution in [-0.4, -0.2) is 73.6 Å². The van der Waals surface area contributed by atoms with E-state index in [0.717, 1.165) is 0 Å². The third-order valence-electron chi connectivity index (χ3n) is 4.27. The number of nitrogens with zero attached hydrogens (tertiary/aromatic N) is 3. The van der Waals surface area contributed by atoms with Gasteiger partial charge in [0.1, 0.15) is 4.90 Å². The lowest BCUT2D eigenvalue weighted by Gasteiger charge is -2.42. The van der Waals surface area contributed by atoms with Crippen LogP contribution in [0.2, 0.25) is 0 Å². The van der Waals surface area contributed by atoms with Gasteiger partial charge in [-0.1, -0.05) is 0 Å². The van der Waals surface area contributed by atoms with Crippen LogP contribution in [0.4, 0.5) is 0 Å². The Hall–Kier alpha value is -1.52. The van der Waals surface area contributed by atoms with Gasteiger partial charge in [-0.2, -0.15) is 4.31 Å². The van der Waals surface area contributed by atoms with E-state index in [9.17, 15) is 21.6 Å². The smallest absolute Gasteiger partial charge is 0.245 e. The molecule has 126 valence electrons. The summed E-state index contributed by atoms with van der Waals surface area (Å²) in [4.78, 5) is 17.0. The number of sulfonamides is 1. The highest BCUT2D eigenvalue weighted by molar-refractivity contribution is 7.92. The maximum atomic E-state index is 12.8. The molecule has 2 fully saturated rings. The number of piperazine rings is 1. The molecule has 1 aromatic rings. The largest absolute Gasteiger partial charge is 0.336 e. The van der Waals surface area contributed by atoms with Gasteiger partial charge >= 0.3 is 0 Å². The van der Waals surface area contributed by atoms with Crippen molar-refractivity contribution in [1.82, 2.24) is 14.2 Å². The average Bonchev–Trinajstić information content (AvgIpc) is 2.81. The molecule has 0 saturated carbocycles. The summed E-state index contributed by atoms with van der Waals surface area (Å²) in [5, 5.41) is 0. The second-order valence-electron chi connectivity index (χ2n) is 5.73. The summed E-state index contributed by atoms with van der Waals surface area (Å²) in [7, 11) is -7.23. The number of sulfone groups is 1. The molecule has 0 aromatic carbocycles. The maximum Gasteiger partial charge on any atom is 0.245 e. The number of amides is 1. The number of rotatable bonds is 2. The van der Waals surface area contributed by atoms with E-state index >= 15 is 0 Å². The highest BCUT2D eigenvalue weighted by Crippen LogP contribution is 2.31. The van der Waals surface area contributed by atoms with Gasteiger partial charge < -0.3 is 4.90 Å². The van der Waals surface area contributed by atoms with Crippen molar-refractivity contribution in [2.75, 3.05) is 24.6 Å². The minimum Gasteiger partial charge on any atom is -0.336 e. The van der Waals surface area contributed by atoms with Crippen molar-refractivity contribution in [2.24, 2.45) is 0 Å². The van der Waals surface area contributed by atoms with Crippen molar-refractivity contribution in [3.05, 3.63) is 24.5 Å². The van der Waals surface area contributed by atoms with Gasteiger partial charge in [-0.3, -0.25) is 9.78 Å². The number of aromatic nitrogens is 1. The number of pyridine rings is 1. The average molecular weight is 359 g/mol. The molecule has 1 aromatic heterocycles. The summed E-state index contributed by atoms with van der Waals surface area (Å²) < 4.78 is 50.8. The number of carbonyl (C=O) groups excluding carboxylic acids is 1. The summed E-state index contributed by atoms with van der Waals surface area (Å²) in [5.74, 6) is -0.701. The second-order valence-corrected chi connectivity index (χ2v) is 9.77. The lowest BCUT2D eigenvalue weighted by atomic mass is 10.1. The molecule has 3 rings (SSSR count). The molecule has 0 spiro atoms. The van der Waals surface area contributed by atoms with Crippen LogP contribution in [-0.2, 0) is 24.7 Å². The third kappa shape index (κ3) is 2.86. The standard InChI is InChI=1S/C13H17N3O5S2/c1-10(17)15-5-6-16(13-9-22(18,19)8-12(13)15)23(20,21)11-3-2-4-14-7-11/h2-4,7,12-13H,5-6,8-9H2,1H3/t12-,13+/m0/s1. The zero-order chi connectivity index (χ0) is 16.8. The first-order valence-electron chi connectivity index (χ1n) is 7.12. The summed E-state index contributed by atoms with van der Waals surface area (Å²) in [6.07, 6.45) is 2.71. The first-order chi connectivity index (χ1) is 10.7. The fourth-order valence-corrected chi connectivity index (χ4v) is 6.93. The molecule has 3 heterocycles. The molecular formula is C13H17N3O5S2. The van der Waals surface area contributed by atoms with E-state index in [1.54, 1.807) is 0 Å². The Morgan fingerprint density at radius 2 is 1.96 bits per heavy atom. The van der Waals surface area contributed by atoms with E-state index in [2.05, 4.69) is 4.98 Å². The summed E-state index contributed by atoms with van der Waals surface area (Å²) >= 11 is 0. The number of hydrogen-bond donors (Lipinski definition) is 0. The molecule has 23 heavy (non-hydrogen) atoms. The Morgan fingerprint density at radius 1 is 1.26 bits per heavy atom. The van der Waals surface area contributed by atoms with Crippen LogP contribution >= 0.6 is 0 Å². The quantitative estimate of drug-likeness (QED) is 0.678. The van der Waals surface area contributed by atoms with Crippen molar-refractivity contribution in [3.8, 4) is 0 Å². The van der Waals surface area contributed by atoms with Gasteiger partial charge in [0.05, 0.1) is 23.6 Å². The van der Waals surface area contributed by atoms with Crippen molar-refractivity contribution in [2.45, 2.75) is 23.9 Å². The van der Waals surface area contributed by atoms with Crippen LogP contribution < -0.4 is 0 Å². The first kappa shape index (κ1) is 16.3. The summed E-state index contributed by atoms with van der Waals surface area (Å²) in [5.41, 5.74) is 0. The maximum absolute atomic E-state index is 12.8. The van der Waals surface area contributed by atoms with Gasteiger partial charge in [-0.15, -0.1) is 0 Å². The monoisotopic (exact) mass is 359 g/mol. The van der Waals surface area contributed by atoms with Crippen molar-refractivity contribution in [3.63, 3.8) is 0 Å². The van der Waals surface area contributed by atoms with E-state index in [1.807, 2.05) is 0 Å². The van der Waals surface area contributed by atoms with Gasteiger partial charge in [-0.05, 0) is 12.1 Å². The van der Waals surface area contributed by atoms with Crippen LogP contribution in [0, 0.1) is 0 Å². The Morgan fingerprint density at radius 3 is 2.57 bits per heavy atom. The molecule has 2 atom stereocenters. The first-order valence-corrected chi connectivity index (χ1v) is 10.4. The SMILES string of the molecule is CC(=O)N1CCN(S(=O)(=O)c2cccnc2)[C@@H]2CS(=O)(=O)C[C@@H]21. The normalized spacial score (nSPS) is 27.6. The topological polar surface area (TPSA) is 105 Å². The molecule has 2 saturated heterocycles. The molecule has 0 N–H and O–H groups in total. The minimum absolute atomic E-state index is 0.0272. The highest BCUT2D eigenvalue weighted by Gasteiger charge is 2.51. The molecule has 0 aliphatic carbocycles. The molecule has 10 heteroatoms. The fraction of sp³-hybridized carbons (Fsp3) is 0.538. The van der Waals surface area contributed by atoms with Crippen LogP contribution in [0.15, 0.2) is 29.4 Å². The molecule has 2 aliphatic rings. The lowest BCUT2D eigenvalue weighted by molar-refractivity contribution is -0.133. The summed E-state index contributed by atoms with van der Waals surface area (Å²) in [6, 6.07) is 1.57. The minimum atomic E-state index is -3.85. The Balaban J connectivity index is 2.00. The third-order valence-corrected chi connectivity index (χ3v) is 7.88. The van der Waals surface area contributed by atoms with Gasteiger partial charge in [-0.25, -0.2) is 16.8 Å². The van der Waals surface area contributed by atoms with E-state index in [-0.39, 0.29) is 35.4 Å². The Labute approximate surface area is 135 Å². The Kier molecular flexibility index (Phi) is 3.93. The van der Waals surface area contributed by atoms with Crippen LogP contribution in [0.25, 0.3) is 0 Å². The number of carbonyl (C=O) groups is 1. The van der Waals surface area contributed by atoms with E-state index in [4.69, 9.17) is 0 Å².